The van der Waals surface area contributed by atoms with Crippen molar-refractivity contribution in [1.29, 1.82) is 0 Å². The van der Waals surface area contributed by atoms with E-state index in [2.05, 4.69) is 20.4 Å². The Morgan fingerprint density at radius 1 is 0.630 bits per heavy atom. The van der Waals surface area contributed by atoms with Crippen LogP contribution in [0.1, 0.15) is 123 Å². The fourth-order valence-electron chi connectivity index (χ4n) is 6.79. The molecule has 0 aromatic carbocycles. The van der Waals surface area contributed by atoms with E-state index in [0.717, 1.165) is 35.5 Å². The first-order valence-electron chi connectivity index (χ1n) is 12.7. The molecule has 3 aliphatic carbocycles. The van der Waals surface area contributed by atoms with Crippen molar-refractivity contribution in [2.24, 2.45) is 35.5 Å². The highest BCUT2D eigenvalue weighted by Crippen LogP contribution is 2.43. The van der Waals surface area contributed by atoms with Crippen molar-refractivity contribution in [1.82, 2.24) is 0 Å². The van der Waals surface area contributed by atoms with Crippen molar-refractivity contribution < 1.29 is 0 Å². The maximum absolute atomic E-state index is 4.13. The normalized spacial score (nSPS) is 37.9. The minimum absolute atomic E-state index is 0.961. The average Bonchev–Trinajstić information content (AvgIpc) is 2.67. The molecule has 0 atom stereocenters. The molecule has 27 heavy (non-hydrogen) atoms. The molecule has 0 heteroatoms. The molecule has 0 aromatic rings. The third kappa shape index (κ3) is 7.25. The SMILES string of the molecule is C=C(C)CC1CCC(C2CCC(CCCCC3CCC(C)CC3)CC2)CC1. The van der Waals surface area contributed by atoms with Gasteiger partial charge in [0.25, 0.3) is 0 Å². The lowest BCUT2D eigenvalue weighted by molar-refractivity contribution is 0.142. The van der Waals surface area contributed by atoms with Gasteiger partial charge in [0.1, 0.15) is 0 Å². The summed E-state index contributed by atoms with van der Waals surface area (Å²) >= 11 is 0. The van der Waals surface area contributed by atoms with Crippen molar-refractivity contribution in [2.45, 2.75) is 123 Å². The van der Waals surface area contributed by atoms with E-state index in [1.807, 2.05) is 0 Å². The van der Waals surface area contributed by atoms with Crippen LogP contribution in [0.25, 0.3) is 0 Å². The molecule has 3 aliphatic rings. The number of hydrogen-bond donors (Lipinski definition) is 0. The Hall–Kier alpha value is -0.260. The molecule has 0 nitrogen and oxygen atoms in total. The lowest BCUT2D eigenvalue weighted by Gasteiger charge is -2.38. The Labute approximate surface area is 171 Å². The summed E-state index contributed by atoms with van der Waals surface area (Å²) in [7, 11) is 0. The van der Waals surface area contributed by atoms with Gasteiger partial charge in [-0.25, -0.2) is 0 Å². The zero-order valence-corrected chi connectivity index (χ0v) is 18.7. The summed E-state index contributed by atoms with van der Waals surface area (Å²) in [5.41, 5.74) is 1.40. The molecule has 3 fully saturated rings. The number of hydrogen-bond acceptors (Lipinski definition) is 0. The Morgan fingerprint density at radius 2 is 1.04 bits per heavy atom. The largest absolute Gasteiger partial charge is 0.100 e. The molecule has 0 radical (unpaired) electrons. The Kier molecular flexibility index (Phi) is 8.79. The van der Waals surface area contributed by atoms with E-state index in [1.165, 1.54) is 82.6 Å². The molecule has 0 spiro atoms. The molecule has 0 amide bonds. The van der Waals surface area contributed by atoms with Gasteiger partial charge in [-0.15, -0.1) is 6.58 Å². The molecule has 0 bridgehead atoms. The number of allylic oxidation sites excluding steroid dienone is 1. The summed E-state index contributed by atoms with van der Waals surface area (Å²) in [6.07, 6.45) is 25.7. The van der Waals surface area contributed by atoms with Crippen LogP contribution in [-0.4, -0.2) is 0 Å². The minimum atomic E-state index is 0.961. The molecular weight excluding hydrogens is 324 g/mol. The van der Waals surface area contributed by atoms with E-state index in [9.17, 15) is 0 Å². The molecule has 0 saturated heterocycles. The van der Waals surface area contributed by atoms with Crippen LogP contribution in [0.15, 0.2) is 12.2 Å². The van der Waals surface area contributed by atoms with Gasteiger partial charge in [0, 0.05) is 0 Å². The third-order valence-corrected chi connectivity index (χ3v) is 8.70. The van der Waals surface area contributed by atoms with Gasteiger partial charge in [-0.05, 0) is 87.4 Å². The predicted molar refractivity (Wildman–Crippen MR) is 120 cm³/mol. The average molecular weight is 373 g/mol. The van der Waals surface area contributed by atoms with Gasteiger partial charge in [0.2, 0.25) is 0 Å². The van der Waals surface area contributed by atoms with Crippen LogP contribution in [0.3, 0.4) is 0 Å². The number of unbranched alkanes of at least 4 members (excludes halogenated alkanes) is 1. The maximum atomic E-state index is 4.13. The Balaban J connectivity index is 1.24. The molecule has 156 valence electrons. The predicted octanol–water partition coefficient (Wildman–Crippen LogP) is 8.95. The highest BCUT2D eigenvalue weighted by atomic mass is 14.4. The second-order valence-corrected chi connectivity index (χ2v) is 11.1. The van der Waals surface area contributed by atoms with Crippen LogP contribution in [0.5, 0.6) is 0 Å². The van der Waals surface area contributed by atoms with Crippen LogP contribution >= 0.6 is 0 Å². The standard InChI is InChI=1S/C27H48/c1-21(2)20-25-14-18-27(19-15-25)26-16-12-24(13-17-26)7-5-4-6-23-10-8-22(3)9-11-23/h22-27H,1,4-20H2,2-3H3. The molecular formula is C27H48. The van der Waals surface area contributed by atoms with Crippen LogP contribution in [0.2, 0.25) is 0 Å². The summed E-state index contributed by atoms with van der Waals surface area (Å²) < 4.78 is 0. The second kappa shape index (κ2) is 11.1. The van der Waals surface area contributed by atoms with Crippen LogP contribution in [0, 0.1) is 35.5 Å². The highest BCUT2D eigenvalue weighted by molar-refractivity contribution is 4.92. The van der Waals surface area contributed by atoms with E-state index in [0.29, 0.717) is 0 Å². The summed E-state index contributed by atoms with van der Waals surface area (Å²) in [5.74, 6) is 6.28. The molecule has 0 aliphatic heterocycles. The van der Waals surface area contributed by atoms with Crippen LogP contribution in [-0.2, 0) is 0 Å². The van der Waals surface area contributed by atoms with Crippen molar-refractivity contribution in [3.05, 3.63) is 12.2 Å². The lowest BCUT2D eigenvalue weighted by atomic mass is 9.68. The van der Waals surface area contributed by atoms with E-state index in [1.54, 1.807) is 32.1 Å². The van der Waals surface area contributed by atoms with Crippen LogP contribution in [0.4, 0.5) is 0 Å². The zero-order chi connectivity index (χ0) is 19.1. The van der Waals surface area contributed by atoms with Crippen molar-refractivity contribution in [3.63, 3.8) is 0 Å². The Bertz CT molecular complexity index is 411. The van der Waals surface area contributed by atoms with Gasteiger partial charge in [-0.2, -0.15) is 0 Å². The molecule has 3 saturated carbocycles. The van der Waals surface area contributed by atoms with Crippen molar-refractivity contribution in [3.8, 4) is 0 Å². The Morgan fingerprint density at radius 3 is 1.48 bits per heavy atom. The van der Waals surface area contributed by atoms with Gasteiger partial charge >= 0.3 is 0 Å². The van der Waals surface area contributed by atoms with Gasteiger partial charge in [0.15, 0.2) is 0 Å². The van der Waals surface area contributed by atoms with Crippen molar-refractivity contribution >= 4 is 0 Å². The fourth-order valence-corrected chi connectivity index (χ4v) is 6.79. The quantitative estimate of drug-likeness (QED) is 0.294. The molecule has 0 unspecified atom stereocenters. The highest BCUT2D eigenvalue weighted by Gasteiger charge is 2.30. The third-order valence-electron chi connectivity index (χ3n) is 8.70. The van der Waals surface area contributed by atoms with Gasteiger partial charge in [-0.1, -0.05) is 76.7 Å². The molecule has 3 rings (SSSR count). The summed E-state index contributed by atoms with van der Waals surface area (Å²) in [5, 5.41) is 0. The summed E-state index contributed by atoms with van der Waals surface area (Å²) in [4.78, 5) is 0. The van der Waals surface area contributed by atoms with Gasteiger partial charge in [-0.3, -0.25) is 0 Å². The smallest absolute Gasteiger partial charge is 0.0297 e. The van der Waals surface area contributed by atoms with Crippen molar-refractivity contribution in [2.75, 3.05) is 0 Å². The first-order chi connectivity index (χ1) is 13.1. The topological polar surface area (TPSA) is 0 Å². The number of rotatable bonds is 8. The zero-order valence-electron chi connectivity index (χ0n) is 18.7. The van der Waals surface area contributed by atoms with E-state index in [4.69, 9.17) is 0 Å². The van der Waals surface area contributed by atoms with Crippen LogP contribution < -0.4 is 0 Å². The first-order valence-corrected chi connectivity index (χ1v) is 12.7. The lowest BCUT2D eigenvalue weighted by Crippen LogP contribution is -2.26. The first kappa shape index (κ1) is 21.4. The monoisotopic (exact) mass is 372 g/mol. The van der Waals surface area contributed by atoms with Gasteiger partial charge in [0.05, 0.1) is 0 Å². The molecule has 0 aromatic heterocycles. The fraction of sp³-hybridized carbons (Fsp3) is 0.926. The van der Waals surface area contributed by atoms with E-state index >= 15 is 0 Å². The van der Waals surface area contributed by atoms with Gasteiger partial charge < -0.3 is 0 Å². The summed E-state index contributed by atoms with van der Waals surface area (Å²) in [6, 6.07) is 0. The molecule has 0 heterocycles. The molecule has 0 N–H and O–H groups in total. The van der Waals surface area contributed by atoms with E-state index < -0.39 is 0 Å². The maximum Gasteiger partial charge on any atom is -0.0297 e. The minimum Gasteiger partial charge on any atom is -0.100 e. The van der Waals surface area contributed by atoms with E-state index in [-0.39, 0.29) is 0 Å². The summed E-state index contributed by atoms with van der Waals surface area (Å²) in [6.45, 7) is 8.78. The second-order valence-electron chi connectivity index (χ2n) is 11.1.